The highest BCUT2D eigenvalue weighted by Crippen LogP contribution is 2.25. The first-order chi connectivity index (χ1) is 10.8. The molecular formula is C18H21FN2OS. The maximum Gasteiger partial charge on any atom is 0.269 e. The number of hydrazine groups is 1. The number of carbonyl (C=O) groups is 1. The van der Waals surface area contributed by atoms with E-state index in [0.717, 1.165) is 11.1 Å². The molecule has 5 heteroatoms. The van der Waals surface area contributed by atoms with Crippen molar-refractivity contribution in [2.45, 2.75) is 32.4 Å². The monoisotopic (exact) mass is 332 g/mol. The van der Waals surface area contributed by atoms with E-state index < -0.39 is 11.7 Å². The molecule has 0 aliphatic carbocycles. The molecule has 0 bridgehead atoms. The summed E-state index contributed by atoms with van der Waals surface area (Å²) in [6.45, 7) is 7.70. The van der Waals surface area contributed by atoms with E-state index in [4.69, 9.17) is 0 Å². The van der Waals surface area contributed by atoms with Gasteiger partial charge in [0.1, 0.15) is 5.82 Å². The van der Waals surface area contributed by atoms with Crippen LogP contribution in [0.1, 0.15) is 36.7 Å². The van der Waals surface area contributed by atoms with Crippen molar-refractivity contribution < 1.29 is 9.18 Å². The Labute approximate surface area is 140 Å². The van der Waals surface area contributed by atoms with E-state index in [0.29, 0.717) is 5.56 Å². The average molecular weight is 332 g/mol. The number of carbonyl (C=O) groups excluding carboxylic acids is 1. The van der Waals surface area contributed by atoms with Crippen LogP contribution in [0.4, 0.5) is 4.39 Å². The molecule has 0 radical (unpaired) electrons. The van der Waals surface area contributed by atoms with Gasteiger partial charge in [0.05, 0.1) is 5.56 Å². The third-order valence-corrected chi connectivity index (χ3v) is 3.94. The number of hydrogen-bond donors (Lipinski definition) is 2. The largest absolute Gasteiger partial charge is 0.277 e. The number of hydrogen-bond acceptors (Lipinski definition) is 3. The van der Waals surface area contributed by atoms with Crippen molar-refractivity contribution in [1.82, 2.24) is 10.3 Å². The lowest BCUT2D eigenvalue weighted by Gasteiger charge is -2.18. The molecule has 2 aromatic carbocycles. The van der Waals surface area contributed by atoms with E-state index in [-0.39, 0.29) is 10.3 Å². The van der Waals surface area contributed by atoms with E-state index in [9.17, 15) is 9.18 Å². The molecule has 0 aliphatic heterocycles. The van der Waals surface area contributed by atoms with Gasteiger partial charge >= 0.3 is 0 Å². The standard InChI is InChI=1S/C18H21FN2OS/c1-12-10-14(13-8-6-5-7-9-13)11-15(16(12)19)17(22)20-21-23-18(2,3)4/h5-11,21H,1-4H3,(H,20,22). The Morgan fingerprint density at radius 1 is 1.09 bits per heavy atom. The number of benzene rings is 2. The van der Waals surface area contributed by atoms with Crippen LogP contribution in [0.5, 0.6) is 0 Å². The van der Waals surface area contributed by atoms with Crippen molar-refractivity contribution in [2.75, 3.05) is 0 Å². The van der Waals surface area contributed by atoms with Crippen molar-refractivity contribution in [2.24, 2.45) is 0 Å². The van der Waals surface area contributed by atoms with Gasteiger partial charge in [-0.05, 0) is 56.5 Å². The Kier molecular flexibility index (Phi) is 5.44. The van der Waals surface area contributed by atoms with E-state index in [1.165, 1.54) is 11.9 Å². The summed E-state index contributed by atoms with van der Waals surface area (Å²) >= 11 is 1.36. The second-order valence-electron chi connectivity index (χ2n) is 6.29. The molecule has 2 rings (SSSR count). The Balaban J connectivity index is 2.24. The molecule has 23 heavy (non-hydrogen) atoms. The highest BCUT2D eigenvalue weighted by atomic mass is 32.2. The van der Waals surface area contributed by atoms with Crippen molar-refractivity contribution in [3.63, 3.8) is 0 Å². The minimum Gasteiger partial charge on any atom is -0.277 e. The van der Waals surface area contributed by atoms with Gasteiger partial charge in [0, 0.05) is 4.75 Å². The molecule has 3 nitrogen and oxygen atoms in total. The topological polar surface area (TPSA) is 41.1 Å². The van der Waals surface area contributed by atoms with E-state index in [1.807, 2.05) is 51.1 Å². The van der Waals surface area contributed by atoms with Crippen LogP contribution in [0.2, 0.25) is 0 Å². The van der Waals surface area contributed by atoms with Gasteiger partial charge < -0.3 is 0 Å². The lowest BCUT2D eigenvalue weighted by atomic mass is 9.99. The molecule has 0 heterocycles. The summed E-state index contributed by atoms with van der Waals surface area (Å²) in [6, 6.07) is 12.9. The number of amides is 1. The quantitative estimate of drug-likeness (QED) is 0.640. The zero-order chi connectivity index (χ0) is 17.0. The minimum atomic E-state index is -0.496. The molecule has 122 valence electrons. The first-order valence-corrected chi connectivity index (χ1v) is 8.18. The predicted octanol–water partition coefficient (Wildman–Crippen LogP) is 4.48. The normalized spacial score (nSPS) is 11.3. The molecule has 0 spiro atoms. The van der Waals surface area contributed by atoms with Crippen LogP contribution in [0.25, 0.3) is 11.1 Å². The van der Waals surface area contributed by atoms with Crippen molar-refractivity contribution in [3.8, 4) is 11.1 Å². The van der Waals surface area contributed by atoms with Gasteiger partial charge in [-0.15, -0.1) is 0 Å². The maximum absolute atomic E-state index is 14.3. The van der Waals surface area contributed by atoms with Gasteiger partial charge in [0.15, 0.2) is 0 Å². The molecule has 0 fully saturated rings. The van der Waals surface area contributed by atoms with Crippen LogP contribution in [0, 0.1) is 12.7 Å². The Bertz CT molecular complexity index is 696. The van der Waals surface area contributed by atoms with Gasteiger partial charge in [-0.3, -0.25) is 10.2 Å². The van der Waals surface area contributed by atoms with Gasteiger partial charge in [-0.2, -0.15) is 4.83 Å². The molecule has 0 saturated carbocycles. The summed E-state index contributed by atoms with van der Waals surface area (Å²) in [7, 11) is 0. The second-order valence-corrected chi connectivity index (χ2v) is 7.92. The third-order valence-electron chi connectivity index (χ3n) is 3.13. The van der Waals surface area contributed by atoms with Gasteiger partial charge in [-0.25, -0.2) is 4.39 Å². The molecule has 0 saturated heterocycles. The van der Waals surface area contributed by atoms with Crippen LogP contribution in [0.3, 0.4) is 0 Å². The van der Waals surface area contributed by atoms with Crippen LogP contribution in [-0.2, 0) is 0 Å². The number of nitrogens with one attached hydrogen (secondary N) is 2. The molecule has 2 aromatic rings. The first kappa shape index (κ1) is 17.5. The lowest BCUT2D eigenvalue weighted by molar-refractivity contribution is 0.0942. The van der Waals surface area contributed by atoms with E-state index in [1.54, 1.807) is 19.1 Å². The fraction of sp³-hybridized carbons (Fsp3) is 0.278. The molecule has 2 N–H and O–H groups in total. The summed E-state index contributed by atoms with van der Waals surface area (Å²) in [5.74, 6) is -0.982. The maximum atomic E-state index is 14.3. The SMILES string of the molecule is Cc1cc(-c2ccccc2)cc(C(=O)NNSC(C)(C)C)c1F. The van der Waals surface area contributed by atoms with Gasteiger partial charge in [0.25, 0.3) is 5.91 Å². The highest BCUT2D eigenvalue weighted by Gasteiger charge is 2.17. The summed E-state index contributed by atoms with van der Waals surface area (Å²) in [4.78, 5) is 15.0. The molecule has 1 amide bonds. The zero-order valence-corrected chi connectivity index (χ0v) is 14.6. The lowest BCUT2D eigenvalue weighted by Crippen LogP contribution is -2.36. The Morgan fingerprint density at radius 2 is 1.74 bits per heavy atom. The summed E-state index contributed by atoms with van der Waals surface area (Å²) in [5.41, 5.74) is 4.78. The molecular weight excluding hydrogens is 311 g/mol. The fourth-order valence-corrected chi connectivity index (χ4v) is 2.47. The summed E-state index contributed by atoms with van der Waals surface area (Å²) in [6.07, 6.45) is 0. The predicted molar refractivity (Wildman–Crippen MR) is 94.5 cm³/mol. The first-order valence-electron chi connectivity index (χ1n) is 7.37. The van der Waals surface area contributed by atoms with Gasteiger partial charge in [-0.1, -0.05) is 42.3 Å². The molecule has 0 atom stereocenters. The van der Waals surface area contributed by atoms with Crippen LogP contribution >= 0.6 is 11.9 Å². The van der Waals surface area contributed by atoms with Crippen molar-refractivity contribution in [1.29, 1.82) is 0 Å². The van der Waals surface area contributed by atoms with E-state index >= 15 is 0 Å². The fourth-order valence-electron chi connectivity index (χ4n) is 2.02. The molecule has 0 unspecified atom stereocenters. The second kappa shape index (κ2) is 7.15. The minimum absolute atomic E-state index is 0.0332. The average Bonchev–Trinajstić information content (AvgIpc) is 2.49. The van der Waals surface area contributed by atoms with Gasteiger partial charge in [0.2, 0.25) is 0 Å². The van der Waals surface area contributed by atoms with Crippen LogP contribution in [-0.4, -0.2) is 10.7 Å². The third kappa shape index (κ3) is 4.81. The number of rotatable bonds is 4. The molecule has 0 aliphatic rings. The smallest absolute Gasteiger partial charge is 0.269 e. The van der Waals surface area contributed by atoms with Crippen LogP contribution < -0.4 is 10.3 Å². The Hall–Kier alpha value is -1.85. The zero-order valence-electron chi connectivity index (χ0n) is 13.7. The van der Waals surface area contributed by atoms with Crippen molar-refractivity contribution in [3.05, 3.63) is 59.4 Å². The van der Waals surface area contributed by atoms with Crippen LogP contribution in [0.15, 0.2) is 42.5 Å². The van der Waals surface area contributed by atoms with E-state index in [2.05, 4.69) is 10.3 Å². The highest BCUT2D eigenvalue weighted by molar-refractivity contribution is 7.98. The Morgan fingerprint density at radius 3 is 2.35 bits per heavy atom. The summed E-state index contributed by atoms with van der Waals surface area (Å²) < 4.78 is 14.3. The van der Waals surface area contributed by atoms with Crippen molar-refractivity contribution >= 4 is 17.9 Å². The number of halogens is 1. The molecule has 0 aromatic heterocycles. The number of aryl methyl sites for hydroxylation is 1. The summed E-state index contributed by atoms with van der Waals surface area (Å²) in [5, 5.41) is 0.